The standard InChI is InChI=1S/C17H22N2O2S/c1-2-14-11-15-16(22-14)4-9-20-17(15)5-7-19(8-6-17)12-13-3-10-21-18-13/h3,10-11H,2,4-9,12H2,1H3. The number of rotatable bonds is 3. The summed E-state index contributed by atoms with van der Waals surface area (Å²) in [4.78, 5) is 5.52. The summed E-state index contributed by atoms with van der Waals surface area (Å²) in [5.41, 5.74) is 2.48. The molecule has 0 aliphatic carbocycles. The number of aryl methyl sites for hydroxylation is 1. The van der Waals surface area contributed by atoms with Crippen LogP contribution in [-0.4, -0.2) is 29.8 Å². The molecule has 4 heterocycles. The van der Waals surface area contributed by atoms with Crippen molar-refractivity contribution < 1.29 is 9.26 Å². The molecule has 1 spiro atoms. The zero-order valence-corrected chi connectivity index (χ0v) is 13.8. The van der Waals surface area contributed by atoms with Gasteiger partial charge < -0.3 is 9.26 Å². The molecule has 0 radical (unpaired) electrons. The first-order valence-electron chi connectivity index (χ1n) is 8.17. The molecule has 1 saturated heterocycles. The van der Waals surface area contributed by atoms with Crippen molar-refractivity contribution in [2.24, 2.45) is 0 Å². The van der Waals surface area contributed by atoms with Crippen LogP contribution in [0.3, 0.4) is 0 Å². The van der Waals surface area contributed by atoms with Gasteiger partial charge in [0, 0.05) is 41.9 Å². The van der Waals surface area contributed by atoms with Gasteiger partial charge in [-0.2, -0.15) is 0 Å². The third kappa shape index (κ3) is 2.51. The molecule has 0 unspecified atom stereocenters. The van der Waals surface area contributed by atoms with E-state index in [9.17, 15) is 0 Å². The molecule has 4 nitrogen and oxygen atoms in total. The van der Waals surface area contributed by atoms with Crippen molar-refractivity contribution in [3.05, 3.63) is 39.4 Å². The fourth-order valence-electron chi connectivity index (χ4n) is 3.68. The average molecular weight is 318 g/mol. The van der Waals surface area contributed by atoms with Crippen LogP contribution in [0.15, 0.2) is 22.9 Å². The molecule has 2 aromatic rings. The third-order valence-electron chi connectivity index (χ3n) is 4.95. The number of hydrogen-bond acceptors (Lipinski definition) is 5. The fourth-order valence-corrected chi connectivity index (χ4v) is 4.86. The maximum atomic E-state index is 6.32. The van der Waals surface area contributed by atoms with E-state index < -0.39 is 0 Å². The van der Waals surface area contributed by atoms with Crippen LogP contribution in [0.4, 0.5) is 0 Å². The zero-order chi connectivity index (χ0) is 15.0. The smallest absolute Gasteiger partial charge is 0.124 e. The van der Waals surface area contributed by atoms with Crippen molar-refractivity contribution in [2.75, 3.05) is 19.7 Å². The molecule has 5 heteroatoms. The molecule has 1 fully saturated rings. The van der Waals surface area contributed by atoms with Crippen molar-refractivity contribution in [1.29, 1.82) is 0 Å². The van der Waals surface area contributed by atoms with E-state index in [0.717, 1.165) is 57.6 Å². The Bertz CT molecular complexity index is 627. The molecule has 0 amide bonds. The highest BCUT2D eigenvalue weighted by Crippen LogP contribution is 2.44. The summed E-state index contributed by atoms with van der Waals surface area (Å²) in [5, 5.41) is 4.02. The summed E-state index contributed by atoms with van der Waals surface area (Å²) in [6, 6.07) is 4.36. The fraction of sp³-hybridized carbons (Fsp3) is 0.588. The largest absolute Gasteiger partial charge is 0.370 e. The quantitative estimate of drug-likeness (QED) is 0.870. The summed E-state index contributed by atoms with van der Waals surface area (Å²) in [6.07, 6.45) is 6.03. The van der Waals surface area contributed by atoms with E-state index in [1.807, 2.05) is 17.4 Å². The maximum Gasteiger partial charge on any atom is 0.124 e. The topological polar surface area (TPSA) is 38.5 Å². The van der Waals surface area contributed by atoms with E-state index in [1.54, 1.807) is 11.1 Å². The van der Waals surface area contributed by atoms with Crippen LogP contribution in [0, 0.1) is 0 Å². The lowest BCUT2D eigenvalue weighted by Crippen LogP contribution is -2.45. The average Bonchev–Trinajstić information content (AvgIpc) is 3.19. The molecule has 4 rings (SSSR count). The van der Waals surface area contributed by atoms with Gasteiger partial charge in [0.15, 0.2) is 0 Å². The van der Waals surface area contributed by atoms with Gasteiger partial charge in [-0.1, -0.05) is 12.1 Å². The molecular formula is C17H22N2O2S. The van der Waals surface area contributed by atoms with Crippen molar-refractivity contribution in [1.82, 2.24) is 10.1 Å². The van der Waals surface area contributed by atoms with Gasteiger partial charge in [0.1, 0.15) is 6.26 Å². The normalized spacial score (nSPS) is 21.1. The minimum Gasteiger partial charge on any atom is -0.370 e. The van der Waals surface area contributed by atoms with Gasteiger partial charge in [0.2, 0.25) is 0 Å². The SMILES string of the molecule is CCc1cc2c(s1)CCOC21CCN(Cc2ccon2)CC1. The number of ether oxygens (including phenoxy) is 1. The van der Waals surface area contributed by atoms with Crippen LogP contribution in [-0.2, 0) is 29.7 Å². The first-order valence-corrected chi connectivity index (χ1v) is 8.98. The number of thiophene rings is 1. The Hall–Kier alpha value is -1.17. The molecule has 2 aliphatic heterocycles. The highest BCUT2D eigenvalue weighted by atomic mass is 32.1. The lowest BCUT2D eigenvalue weighted by Gasteiger charge is -2.44. The van der Waals surface area contributed by atoms with Crippen LogP contribution < -0.4 is 0 Å². The van der Waals surface area contributed by atoms with Crippen LogP contribution in [0.1, 0.15) is 40.8 Å². The van der Waals surface area contributed by atoms with Crippen LogP contribution in [0.25, 0.3) is 0 Å². The van der Waals surface area contributed by atoms with Gasteiger partial charge in [-0.15, -0.1) is 11.3 Å². The second kappa shape index (κ2) is 5.80. The van der Waals surface area contributed by atoms with Crippen molar-refractivity contribution in [3.8, 4) is 0 Å². The van der Waals surface area contributed by atoms with Crippen molar-refractivity contribution in [2.45, 2.75) is 44.8 Å². The Labute approximate surface area is 135 Å². The minimum atomic E-state index is -0.0299. The number of piperidine rings is 1. The molecule has 0 N–H and O–H groups in total. The predicted octanol–water partition coefficient (Wildman–Crippen LogP) is 3.36. The highest BCUT2D eigenvalue weighted by Gasteiger charge is 2.41. The number of likely N-dealkylation sites (tertiary alicyclic amines) is 1. The van der Waals surface area contributed by atoms with Gasteiger partial charge in [-0.3, -0.25) is 4.90 Å². The number of hydrogen-bond donors (Lipinski definition) is 0. The maximum absolute atomic E-state index is 6.32. The molecule has 0 aromatic carbocycles. The van der Waals surface area contributed by atoms with Crippen LogP contribution >= 0.6 is 11.3 Å². The first-order chi connectivity index (χ1) is 10.8. The summed E-state index contributed by atoms with van der Waals surface area (Å²) >= 11 is 1.99. The molecule has 0 bridgehead atoms. The summed E-state index contributed by atoms with van der Waals surface area (Å²) < 4.78 is 11.2. The number of aromatic nitrogens is 1. The Morgan fingerprint density at radius 1 is 1.36 bits per heavy atom. The molecule has 0 atom stereocenters. The summed E-state index contributed by atoms with van der Waals surface area (Å²) in [5.74, 6) is 0. The van der Waals surface area contributed by atoms with Crippen LogP contribution in [0.2, 0.25) is 0 Å². The predicted molar refractivity (Wildman–Crippen MR) is 86.0 cm³/mol. The van der Waals surface area contributed by atoms with Gasteiger partial charge in [0.25, 0.3) is 0 Å². The van der Waals surface area contributed by atoms with E-state index >= 15 is 0 Å². The van der Waals surface area contributed by atoms with Gasteiger partial charge in [-0.05, 0) is 30.9 Å². The zero-order valence-electron chi connectivity index (χ0n) is 13.0. The monoisotopic (exact) mass is 318 g/mol. The molecule has 2 aromatic heterocycles. The summed E-state index contributed by atoms with van der Waals surface area (Å²) in [6.45, 7) is 6.11. The van der Waals surface area contributed by atoms with E-state index in [4.69, 9.17) is 9.26 Å². The van der Waals surface area contributed by atoms with Crippen LogP contribution in [0.5, 0.6) is 0 Å². The lowest BCUT2D eigenvalue weighted by atomic mass is 9.82. The van der Waals surface area contributed by atoms with E-state index in [0.29, 0.717) is 0 Å². The second-order valence-corrected chi connectivity index (χ2v) is 7.48. The Balaban J connectivity index is 1.50. The molecule has 2 aliphatic rings. The van der Waals surface area contributed by atoms with Gasteiger partial charge >= 0.3 is 0 Å². The minimum absolute atomic E-state index is 0.0299. The molecule has 22 heavy (non-hydrogen) atoms. The van der Waals surface area contributed by atoms with Crippen molar-refractivity contribution >= 4 is 11.3 Å². The van der Waals surface area contributed by atoms with Crippen molar-refractivity contribution in [3.63, 3.8) is 0 Å². The Morgan fingerprint density at radius 2 is 2.23 bits per heavy atom. The van der Waals surface area contributed by atoms with E-state index in [1.165, 1.54) is 10.4 Å². The number of fused-ring (bicyclic) bond motifs is 2. The molecular weight excluding hydrogens is 296 g/mol. The second-order valence-electron chi connectivity index (χ2n) is 6.26. The van der Waals surface area contributed by atoms with Gasteiger partial charge in [-0.25, -0.2) is 0 Å². The first kappa shape index (κ1) is 14.4. The third-order valence-corrected chi connectivity index (χ3v) is 6.29. The van der Waals surface area contributed by atoms with Gasteiger partial charge in [0.05, 0.1) is 17.9 Å². The molecule has 0 saturated carbocycles. The Kier molecular flexibility index (Phi) is 3.80. The van der Waals surface area contributed by atoms with E-state index in [-0.39, 0.29) is 5.60 Å². The Morgan fingerprint density at radius 3 is 2.95 bits per heavy atom. The number of nitrogens with zero attached hydrogens (tertiary/aromatic N) is 2. The molecule has 118 valence electrons. The summed E-state index contributed by atoms with van der Waals surface area (Å²) in [7, 11) is 0. The lowest BCUT2D eigenvalue weighted by molar-refractivity contribution is -0.0982. The highest BCUT2D eigenvalue weighted by molar-refractivity contribution is 7.12. The van der Waals surface area contributed by atoms with E-state index in [2.05, 4.69) is 23.0 Å².